The smallest absolute Gasteiger partial charge is 0.225 e. The van der Waals surface area contributed by atoms with E-state index < -0.39 is 0 Å². The van der Waals surface area contributed by atoms with Crippen molar-refractivity contribution in [2.24, 2.45) is 5.92 Å². The lowest BCUT2D eigenvalue weighted by atomic mass is 9.83. The number of nitrogens with zero attached hydrogens (tertiary/aromatic N) is 1. The summed E-state index contributed by atoms with van der Waals surface area (Å²) < 4.78 is 0. The van der Waals surface area contributed by atoms with Gasteiger partial charge in [0.25, 0.3) is 0 Å². The molecular weight excluding hydrogens is 198 g/mol. The first-order valence-corrected chi connectivity index (χ1v) is 6.23. The molecule has 1 saturated carbocycles. The standard InChI is InChI=1S/C11H18ClNO/c12-8-10-6-1-2-7-13(10)11(14)9-4-3-5-9/h9-10H,1-8H2. The van der Waals surface area contributed by atoms with Gasteiger partial charge in [-0.15, -0.1) is 11.6 Å². The van der Waals surface area contributed by atoms with Gasteiger partial charge in [-0.25, -0.2) is 0 Å². The van der Waals surface area contributed by atoms with Crippen LogP contribution < -0.4 is 0 Å². The van der Waals surface area contributed by atoms with E-state index in [9.17, 15) is 4.79 Å². The Balaban J connectivity index is 1.95. The summed E-state index contributed by atoms with van der Waals surface area (Å²) >= 11 is 5.89. The number of hydrogen-bond donors (Lipinski definition) is 0. The van der Waals surface area contributed by atoms with Crippen LogP contribution in [0.25, 0.3) is 0 Å². The molecule has 2 rings (SSSR count). The molecule has 3 heteroatoms. The average Bonchev–Trinajstić information content (AvgIpc) is 2.15. The van der Waals surface area contributed by atoms with Gasteiger partial charge in [0.1, 0.15) is 0 Å². The van der Waals surface area contributed by atoms with E-state index in [1.54, 1.807) is 0 Å². The van der Waals surface area contributed by atoms with Gasteiger partial charge < -0.3 is 4.90 Å². The highest BCUT2D eigenvalue weighted by molar-refractivity contribution is 6.18. The number of hydrogen-bond acceptors (Lipinski definition) is 1. The van der Waals surface area contributed by atoms with Crippen LogP contribution in [0.3, 0.4) is 0 Å². The number of piperidine rings is 1. The summed E-state index contributed by atoms with van der Waals surface area (Å²) in [6.45, 7) is 0.937. The van der Waals surface area contributed by atoms with E-state index in [1.165, 1.54) is 12.8 Å². The average molecular weight is 216 g/mol. The number of alkyl halides is 1. The fraction of sp³-hybridized carbons (Fsp3) is 0.909. The van der Waals surface area contributed by atoms with Crippen molar-refractivity contribution in [3.63, 3.8) is 0 Å². The van der Waals surface area contributed by atoms with Gasteiger partial charge in [0.15, 0.2) is 0 Å². The minimum absolute atomic E-state index is 0.318. The lowest BCUT2D eigenvalue weighted by Crippen LogP contribution is -2.48. The third-order valence-electron chi connectivity index (χ3n) is 3.54. The number of carbonyl (C=O) groups is 1. The normalized spacial score (nSPS) is 28.6. The molecule has 14 heavy (non-hydrogen) atoms. The monoisotopic (exact) mass is 215 g/mol. The molecule has 1 unspecified atom stereocenters. The summed E-state index contributed by atoms with van der Waals surface area (Å²) in [6, 6.07) is 0.318. The minimum atomic E-state index is 0.318. The maximum absolute atomic E-state index is 12.0. The highest BCUT2D eigenvalue weighted by atomic mass is 35.5. The van der Waals surface area contributed by atoms with Gasteiger partial charge in [-0.2, -0.15) is 0 Å². The SMILES string of the molecule is O=C(C1CCC1)N1CCCCC1CCl. The van der Waals surface area contributed by atoms with E-state index >= 15 is 0 Å². The molecular formula is C11H18ClNO. The molecule has 0 N–H and O–H groups in total. The predicted molar refractivity (Wildman–Crippen MR) is 57.4 cm³/mol. The van der Waals surface area contributed by atoms with Crippen LogP contribution in [0.2, 0.25) is 0 Å². The van der Waals surface area contributed by atoms with E-state index in [2.05, 4.69) is 0 Å². The third-order valence-corrected chi connectivity index (χ3v) is 3.90. The Kier molecular flexibility index (Phi) is 3.32. The summed E-state index contributed by atoms with van der Waals surface area (Å²) in [4.78, 5) is 14.1. The van der Waals surface area contributed by atoms with Crippen molar-refractivity contribution in [1.29, 1.82) is 0 Å². The van der Waals surface area contributed by atoms with Crippen LogP contribution in [0.1, 0.15) is 38.5 Å². The topological polar surface area (TPSA) is 20.3 Å². The maximum Gasteiger partial charge on any atom is 0.225 e. The zero-order valence-electron chi connectivity index (χ0n) is 8.54. The molecule has 1 aliphatic heterocycles. The van der Waals surface area contributed by atoms with E-state index in [1.807, 2.05) is 4.90 Å². The highest BCUT2D eigenvalue weighted by Crippen LogP contribution is 2.30. The molecule has 1 heterocycles. The van der Waals surface area contributed by atoms with Crippen LogP contribution in [-0.4, -0.2) is 29.3 Å². The Hall–Kier alpha value is -0.240. The summed E-state index contributed by atoms with van der Waals surface area (Å²) in [7, 11) is 0. The lowest BCUT2D eigenvalue weighted by molar-refractivity contribution is -0.141. The van der Waals surface area contributed by atoms with Crippen molar-refractivity contribution in [3.05, 3.63) is 0 Å². The molecule has 1 aliphatic carbocycles. The number of halogens is 1. The predicted octanol–water partition coefficient (Wildman–Crippen LogP) is 2.41. The zero-order chi connectivity index (χ0) is 9.97. The molecule has 1 saturated heterocycles. The van der Waals surface area contributed by atoms with Gasteiger partial charge in [-0.1, -0.05) is 6.42 Å². The fourth-order valence-electron chi connectivity index (χ4n) is 2.34. The van der Waals surface area contributed by atoms with Gasteiger partial charge in [0.05, 0.1) is 0 Å². The number of likely N-dealkylation sites (tertiary alicyclic amines) is 1. The second-order valence-corrected chi connectivity index (χ2v) is 4.77. The van der Waals surface area contributed by atoms with E-state index in [-0.39, 0.29) is 0 Å². The van der Waals surface area contributed by atoms with Crippen LogP contribution in [-0.2, 0) is 4.79 Å². The first-order valence-electron chi connectivity index (χ1n) is 5.69. The summed E-state index contributed by atoms with van der Waals surface area (Å²) in [6.07, 6.45) is 6.92. The third kappa shape index (κ3) is 1.90. The lowest BCUT2D eigenvalue weighted by Gasteiger charge is -2.39. The zero-order valence-corrected chi connectivity index (χ0v) is 9.30. The van der Waals surface area contributed by atoms with Crippen molar-refractivity contribution in [3.8, 4) is 0 Å². The molecule has 1 atom stereocenters. The molecule has 0 aromatic rings. The van der Waals surface area contributed by atoms with E-state index in [0.717, 1.165) is 32.2 Å². The van der Waals surface area contributed by atoms with Crippen LogP contribution in [0.5, 0.6) is 0 Å². The Morgan fingerprint density at radius 2 is 2.00 bits per heavy atom. The fourth-order valence-corrected chi connectivity index (χ4v) is 2.66. The molecule has 2 fully saturated rings. The first kappa shape index (κ1) is 10.3. The Morgan fingerprint density at radius 1 is 1.21 bits per heavy atom. The molecule has 0 aromatic heterocycles. The van der Waals surface area contributed by atoms with Crippen LogP contribution in [0, 0.1) is 5.92 Å². The molecule has 2 aliphatic rings. The second kappa shape index (κ2) is 4.52. The molecule has 0 radical (unpaired) electrons. The van der Waals surface area contributed by atoms with E-state index in [0.29, 0.717) is 23.7 Å². The largest absolute Gasteiger partial charge is 0.338 e. The summed E-state index contributed by atoms with van der Waals surface area (Å²) in [5.41, 5.74) is 0. The highest BCUT2D eigenvalue weighted by Gasteiger charge is 2.33. The molecule has 0 bridgehead atoms. The van der Waals surface area contributed by atoms with Gasteiger partial charge in [0, 0.05) is 24.4 Å². The molecule has 0 spiro atoms. The Bertz CT molecular complexity index is 215. The van der Waals surface area contributed by atoms with Gasteiger partial charge in [0.2, 0.25) is 5.91 Å². The molecule has 2 nitrogen and oxygen atoms in total. The Labute approximate surface area is 90.6 Å². The quantitative estimate of drug-likeness (QED) is 0.648. The Morgan fingerprint density at radius 3 is 2.57 bits per heavy atom. The first-order chi connectivity index (χ1) is 6.83. The summed E-state index contributed by atoms with van der Waals surface area (Å²) in [5, 5.41) is 0. The van der Waals surface area contributed by atoms with Crippen molar-refractivity contribution in [2.45, 2.75) is 44.6 Å². The second-order valence-electron chi connectivity index (χ2n) is 4.46. The van der Waals surface area contributed by atoms with Gasteiger partial charge >= 0.3 is 0 Å². The number of rotatable bonds is 2. The van der Waals surface area contributed by atoms with Gasteiger partial charge in [-0.3, -0.25) is 4.79 Å². The number of carbonyl (C=O) groups excluding carboxylic acids is 1. The summed E-state index contributed by atoms with van der Waals surface area (Å²) in [5.74, 6) is 1.32. The molecule has 80 valence electrons. The molecule has 0 aromatic carbocycles. The van der Waals surface area contributed by atoms with E-state index in [4.69, 9.17) is 11.6 Å². The van der Waals surface area contributed by atoms with Crippen LogP contribution in [0.15, 0.2) is 0 Å². The van der Waals surface area contributed by atoms with Crippen molar-refractivity contribution in [2.75, 3.05) is 12.4 Å². The maximum atomic E-state index is 12.0. The van der Waals surface area contributed by atoms with Crippen molar-refractivity contribution >= 4 is 17.5 Å². The molecule has 1 amide bonds. The number of amides is 1. The van der Waals surface area contributed by atoms with Crippen LogP contribution >= 0.6 is 11.6 Å². The minimum Gasteiger partial charge on any atom is -0.338 e. The van der Waals surface area contributed by atoms with Crippen LogP contribution in [0.4, 0.5) is 0 Å². The van der Waals surface area contributed by atoms with Gasteiger partial charge in [-0.05, 0) is 32.1 Å². The van der Waals surface area contributed by atoms with Crippen molar-refractivity contribution < 1.29 is 4.79 Å². The van der Waals surface area contributed by atoms with Crippen molar-refractivity contribution in [1.82, 2.24) is 4.90 Å².